The molecule has 0 amide bonds. The Morgan fingerprint density at radius 1 is 1.00 bits per heavy atom. The smallest absolute Gasteiger partial charge is 0.0735 e. The molecule has 4 aliphatic rings. The van der Waals surface area contributed by atoms with E-state index in [4.69, 9.17) is 0 Å². The fraction of sp³-hybridized carbons (Fsp3) is 1.00. The molecule has 4 N–H and O–H groups in total. The maximum atomic E-state index is 11.9. The van der Waals surface area contributed by atoms with Crippen LogP contribution in [0.2, 0.25) is 0 Å². The van der Waals surface area contributed by atoms with Crippen LogP contribution in [-0.2, 0) is 0 Å². The van der Waals surface area contributed by atoms with Gasteiger partial charge in [0.2, 0.25) is 0 Å². The summed E-state index contributed by atoms with van der Waals surface area (Å²) in [4.78, 5) is 0. The molecular weight excluding hydrogens is 316 g/mol. The molecule has 0 radical (unpaired) electrons. The molecule has 4 fully saturated rings. The first-order chi connectivity index (χ1) is 11.8. The quantitative estimate of drug-likeness (QED) is 0.615. The van der Waals surface area contributed by atoms with E-state index in [0.29, 0.717) is 11.8 Å². The van der Waals surface area contributed by atoms with Crippen molar-refractivity contribution < 1.29 is 20.4 Å². The fourth-order valence-corrected chi connectivity index (χ4v) is 8.12. The van der Waals surface area contributed by atoms with Crippen molar-refractivity contribution in [2.45, 2.75) is 89.4 Å². The van der Waals surface area contributed by atoms with Gasteiger partial charge >= 0.3 is 0 Å². The predicted molar refractivity (Wildman–Crippen MR) is 95.8 cm³/mol. The zero-order chi connectivity index (χ0) is 18.0. The minimum absolute atomic E-state index is 0.109. The molecule has 0 aromatic rings. The molecule has 0 aromatic carbocycles. The number of aliphatic hydroxyl groups is 4. The molecule has 0 heterocycles. The molecule has 4 aliphatic carbocycles. The number of hydrogen-bond acceptors (Lipinski definition) is 4. The Hall–Kier alpha value is -0.160. The van der Waals surface area contributed by atoms with Gasteiger partial charge in [0.15, 0.2) is 0 Å². The monoisotopic (exact) mass is 352 g/mol. The maximum Gasteiger partial charge on any atom is 0.0735 e. The summed E-state index contributed by atoms with van der Waals surface area (Å²) in [5.74, 6) is 1.15. The molecule has 0 aliphatic heterocycles. The van der Waals surface area contributed by atoms with Crippen molar-refractivity contribution >= 4 is 0 Å². The van der Waals surface area contributed by atoms with Gasteiger partial charge in [-0.3, -0.25) is 0 Å². The van der Waals surface area contributed by atoms with Gasteiger partial charge in [0.05, 0.1) is 17.8 Å². The molecule has 3 unspecified atom stereocenters. The van der Waals surface area contributed by atoms with Gasteiger partial charge in [-0.15, -0.1) is 0 Å². The summed E-state index contributed by atoms with van der Waals surface area (Å²) in [7, 11) is 0. The topological polar surface area (TPSA) is 80.9 Å². The SMILES string of the molecule is CC(O)[C@H]1CC[C@@]2(O)[C@@H]3CCC4CC(O)CC[C@]4(CO)[C@H]3CC[C@]12C. The highest BCUT2D eigenvalue weighted by Gasteiger charge is 2.68. The Bertz CT molecular complexity index is 522. The van der Waals surface area contributed by atoms with Gasteiger partial charge in [0.1, 0.15) is 0 Å². The van der Waals surface area contributed by atoms with E-state index in [9.17, 15) is 20.4 Å². The minimum Gasteiger partial charge on any atom is -0.396 e. The molecule has 0 aromatic heterocycles. The molecular formula is C21H36O4. The minimum atomic E-state index is -0.708. The van der Waals surface area contributed by atoms with E-state index in [2.05, 4.69) is 6.92 Å². The van der Waals surface area contributed by atoms with Crippen LogP contribution < -0.4 is 0 Å². The van der Waals surface area contributed by atoms with E-state index in [1.807, 2.05) is 6.92 Å². The van der Waals surface area contributed by atoms with Gasteiger partial charge < -0.3 is 20.4 Å². The normalized spacial score (nSPS) is 56.6. The van der Waals surface area contributed by atoms with Crippen molar-refractivity contribution in [2.75, 3.05) is 6.61 Å². The van der Waals surface area contributed by atoms with Crippen molar-refractivity contribution in [2.24, 2.45) is 34.5 Å². The molecule has 4 nitrogen and oxygen atoms in total. The summed E-state index contributed by atoms with van der Waals surface area (Å²) in [6, 6.07) is 0. The Morgan fingerprint density at radius 2 is 1.76 bits per heavy atom. The van der Waals surface area contributed by atoms with E-state index in [1.165, 1.54) is 0 Å². The summed E-state index contributed by atoms with van der Waals surface area (Å²) in [5, 5.41) is 42.8. The average molecular weight is 353 g/mol. The molecule has 4 rings (SSSR count). The van der Waals surface area contributed by atoms with E-state index in [1.54, 1.807) is 0 Å². The summed E-state index contributed by atoms with van der Waals surface area (Å²) >= 11 is 0. The second-order valence-corrected chi connectivity index (χ2v) is 10.1. The van der Waals surface area contributed by atoms with E-state index >= 15 is 0 Å². The molecule has 144 valence electrons. The third-order valence-corrected chi connectivity index (χ3v) is 9.47. The van der Waals surface area contributed by atoms with Gasteiger partial charge in [-0.25, -0.2) is 0 Å². The van der Waals surface area contributed by atoms with Gasteiger partial charge in [-0.2, -0.15) is 0 Å². The van der Waals surface area contributed by atoms with Gasteiger partial charge in [-0.05, 0) is 93.8 Å². The largest absolute Gasteiger partial charge is 0.396 e. The Kier molecular flexibility index (Phi) is 4.31. The van der Waals surface area contributed by atoms with Crippen LogP contribution in [0.3, 0.4) is 0 Å². The molecule has 25 heavy (non-hydrogen) atoms. The lowest BCUT2D eigenvalue weighted by molar-refractivity contribution is -0.225. The Balaban J connectivity index is 1.69. The fourth-order valence-electron chi connectivity index (χ4n) is 8.12. The Morgan fingerprint density at radius 3 is 2.44 bits per heavy atom. The summed E-state index contributed by atoms with van der Waals surface area (Å²) in [6.07, 6.45) is 7.59. The molecule has 4 heteroatoms. The Labute approximate surface area is 151 Å². The van der Waals surface area contributed by atoms with Crippen LogP contribution in [-0.4, -0.2) is 44.8 Å². The van der Waals surface area contributed by atoms with Crippen molar-refractivity contribution in [3.05, 3.63) is 0 Å². The lowest BCUT2D eigenvalue weighted by Crippen LogP contribution is -2.64. The van der Waals surface area contributed by atoms with Crippen LogP contribution in [0, 0.1) is 34.5 Å². The lowest BCUT2D eigenvalue weighted by atomic mass is 9.43. The van der Waals surface area contributed by atoms with Crippen molar-refractivity contribution in [1.29, 1.82) is 0 Å². The first-order valence-corrected chi connectivity index (χ1v) is 10.5. The highest BCUT2D eigenvalue weighted by Crippen LogP contribution is 2.69. The second-order valence-electron chi connectivity index (χ2n) is 10.1. The van der Waals surface area contributed by atoms with Gasteiger partial charge in [-0.1, -0.05) is 6.92 Å². The van der Waals surface area contributed by atoms with Crippen molar-refractivity contribution in [3.8, 4) is 0 Å². The second kappa shape index (κ2) is 5.92. The summed E-state index contributed by atoms with van der Waals surface area (Å²) < 4.78 is 0. The number of aliphatic hydroxyl groups excluding tert-OH is 3. The highest BCUT2D eigenvalue weighted by molar-refractivity contribution is 5.17. The van der Waals surface area contributed by atoms with Gasteiger partial charge in [0.25, 0.3) is 0 Å². The van der Waals surface area contributed by atoms with Crippen LogP contribution >= 0.6 is 0 Å². The van der Waals surface area contributed by atoms with Crippen molar-refractivity contribution in [3.63, 3.8) is 0 Å². The van der Waals surface area contributed by atoms with E-state index < -0.39 is 5.60 Å². The third-order valence-electron chi connectivity index (χ3n) is 9.47. The highest BCUT2D eigenvalue weighted by atomic mass is 16.3. The predicted octanol–water partition coefficient (Wildman–Crippen LogP) is 2.47. The van der Waals surface area contributed by atoms with Crippen LogP contribution in [0.25, 0.3) is 0 Å². The van der Waals surface area contributed by atoms with E-state index in [-0.39, 0.29) is 41.5 Å². The van der Waals surface area contributed by atoms with Crippen LogP contribution in [0.1, 0.15) is 71.6 Å². The number of fused-ring (bicyclic) bond motifs is 5. The maximum absolute atomic E-state index is 11.9. The summed E-state index contributed by atoms with van der Waals surface area (Å²) in [5.41, 5.74) is -1.02. The first-order valence-electron chi connectivity index (χ1n) is 10.5. The molecule has 4 saturated carbocycles. The number of rotatable bonds is 2. The average Bonchev–Trinajstić information content (AvgIpc) is 2.86. The first kappa shape index (κ1) is 18.2. The molecule has 0 bridgehead atoms. The number of hydrogen-bond donors (Lipinski definition) is 4. The molecule has 0 saturated heterocycles. The third kappa shape index (κ3) is 2.27. The van der Waals surface area contributed by atoms with Crippen LogP contribution in [0.5, 0.6) is 0 Å². The zero-order valence-electron chi connectivity index (χ0n) is 15.8. The van der Waals surface area contributed by atoms with Crippen LogP contribution in [0.4, 0.5) is 0 Å². The lowest BCUT2D eigenvalue weighted by Gasteiger charge is -2.64. The summed E-state index contributed by atoms with van der Waals surface area (Å²) in [6.45, 7) is 4.27. The van der Waals surface area contributed by atoms with E-state index in [0.717, 1.165) is 57.8 Å². The standard InChI is InChI=1S/C21H36O4/c1-13(23)16-7-10-21(25)18-4-3-14-11-15(24)5-9-20(14,12-22)17(18)6-8-19(16,21)2/h13-18,22-25H,3-12H2,1-2H3/t13?,14?,15?,16-,17+,18-,19-,20-,21-/m1/s1. The molecule has 0 spiro atoms. The van der Waals surface area contributed by atoms with Crippen molar-refractivity contribution in [1.82, 2.24) is 0 Å². The van der Waals surface area contributed by atoms with Crippen LogP contribution in [0.15, 0.2) is 0 Å². The van der Waals surface area contributed by atoms with Gasteiger partial charge in [0, 0.05) is 12.0 Å². The molecule has 9 atom stereocenters. The zero-order valence-corrected chi connectivity index (χ0v) is 15.8.